The van der Waals surface area contributed by atoms with Gasteiger partial charge in [-0.25, -0.2) is 0 Å². The molecule has 31 heavy (non-hydrogen) atoms. The van der Waals surface area contributed by atoms with E-state index >= 15 is 0 Å². The molecule has 3 aromatic rings. The third kappa shape index (κ3) is 5.61. The zero-order valence-corrected chi connectivity index (χ0v) is 16.9. The van der Waals surface area contributed by atoms with Crippen molar-refractivity contribution in [1.82, 2.24) is 0 Å². The zero-order valence-electron chi connectivity index (χ0n) is 16.2. The van der Waals surface area contributed by atoms with Gasteiger partial charge in [-0.3, -0.25) is 15.1 Å². The van der Waals surface area contributed by atoms with Crippen LogP contribution in [0.2, 0.25) is 5.02 Å². The number of nitrogens with zero attached hydrogens (tertiary/aromatic N) is 2. The van der Waals surface area contributed by atoms with Gasteiger partial charge in [-0.05, 0) is 54.4 Å². The molecular weight excluding hydrogens is 433 g/mol. The molecule has 3 rings (SSSR count). The molecule has 0 spiro atoms. The van der Waals surface area contributed by atoms with Gasteiger partial charge in [0.1, 0.15) is 5.75 Å². The summed E-state index contributed by atoms with van der Waals surface area (Å²) in [5.74, 6) is -0.177. The number of rotatable bonds is 6. The number of halogens is 4. The summed E-state index contributed by atoms with van der Waals surface area (Å²) >= 11 is 6.04. The summed E-state index contributed by atoms with van der Waals surface area (Å²) in [7, 11) is 0. The number of benzene rings is 3. The molecule has 0 fully saturated rings. The van der Waals surface area contributed by atoms with E-state index in [1.807, 2.05) is 31.2 Å². The first-order chi connectivity index (χ1) is 14.7. The van der Waals surface area contributed by atoms with Crippen molar-refractivity contribution in [3.8, 4) is 11.5 Å². The largest absolute Gasteiger partial charge is 0.449 e. The summed E-state index contributed by atoms with van der Waals surface area (Å²) in [4.78, 5) is 14.7. The monoisotopic (exact) mass is 448 g/mol. The third-order valence-electron chi connectivity index (χ3n) is 4.37. The highest BCUT2D eigenvalue weighted by molar-refractivity contribution is 6.30. The molecule has 0 aliphatic rings. The number of hydrogen-bond donors (Lipinski definition) is 0. The van der Waals surface area contributed by atoms with E-state index in [1.54, 1.807) is 0 Å². The summed E-state index contributed by atoms with van der Waals surface area (Å²) in [5.41, 5.74) is 0.285. The van der Waals surface area contributed by atoms with E-state index < -0.39 is 22.4 Å². The van der Waals surface area contributed by atoms with Gasteiger partial charge in [0, 0.05) is 22.9 Å². The first-order valence-electron chi connectivity index (χ1n) is 9.13. The molecule has 0 amide bonds. The van der Waals surface area contributed by atoms with Crippen LogP contribution < -0.4 is 4.74 Å². The third-order valence-corrected chi connectivity index (χ3v) is 4.61. The van der Waals surface area contributed by atoms with E-state index in [0.717, 1.165) is 24.1 Å². The topological polar surface area (TPSA) is 64.7 Å². The van der Waals surface area contributed by atoms with Crippen LogP contribution in [-0.4, -0.2) is 11.1 Å². The number of aryl methyl sites for hydroxylation is 1. The fraction of sp³-hybridized carbons (Fsp3) is 0.136. The van der Waals surface area contributed by atoms with Gasteiger partial charge in [0.15, 0.2) is 0 Å². The molecule has 0 aromatic heterocycles. The Hall–Kier alpha value is -3.39. The molecule has 9 heteroatoms. The summed E-state index contributed by atoms with van der Waals surface area (Å²) < 4.78 is 44.3. The summed E-state index contributed by atoms with van der Waals surface area (Å²) in [6, 6.07) is 14.1. The van der Waals surface area contributed by atoms with Gasteiger partial charge in [-0.1, -0.05) is 30.7 Å². The van der Waals surface area contributed by atoms with Crippen molar-refractivity contribution >= 4 is 29.2 Å². The summed E-state index contributed by atoms with van der Waals surface area (Å²) in [5, 5.41) is 11.7. The van der Waals surface area contributed by atoms with Crippen molar-refractivity contribution < 1.29 is 22.8 Å². The molecule has 0 aliphatic heterocycles. The van der Waals surface area contributed by atoms with Crippen LogP contribution in [0.15, 0.2) is 65.7 Å². The van der Waals surface area contributed by atoms with Crippen LogP contribution in [0.25, 0.3) is 0 Å². The van der Waals surface area contributed by atoms with E-state index in [0.29, 0.717) is 22.3 Å². The van der Waals surface area contributed by atoms with Crippen molar-refractivity contribution in [2.45, 2.75) is 19.5 Å². The van der Waals surface area contributed by atoms with Gasteiger partial charge in [0.05, 0.1) is 16.2 Å². The number of ether oxygens (including phenoxy) is 1. The lowest BCUT2D eigenvalue weighted by Gasteiger charge is -2.11. The van der Waals surface area contributed by atoms with E-state index in [1.165, 1.54) is 24.4 Å². The molecule has 160 valence electrons. The van der Waals surface area contributed by atoms with Crippen LogP contribution in [0.5, 0.6) is 11.5 Å². The minimum absolute atomic E-state index is 0.154. The quantitative estimate of drug-likeness (QED) is 0.224. The fourth-order valence-corrected chi connectivity index (χ4v) is 2.90. The minimum atomic E-state index is -4.71. The molecule has 0 unspecified atom stereocenters. The van der Waals surface area contributed by atoms with E-state index in [2.05, 4.69) is 4.99 Å². The van der Waals surface area contributed by atoms with Crippen LogP contribution >= 0.6 is 11.6 Å². The number of hydrogen-bond acceptors (Lipinski definition) is 4. The summed E-state index contributed by atoms with van der Waals surface area (Å²) in [6.07, 6.45) is -2.35. The Kier molecular flexibility index (Phi) is 6.60. The van der Waals surface area contributed by atoms with Gasteiger partial charge >= 0.3 is 11.9 Å². The Morgan fingerprint density at radius 2 is 1.74 bits per heavy atom. The second kappa shape index (κ2) is 9.18. The molecule has 3 aromatic carbocycles. The van der Waals surface area contributed by atoms with Crippen molar-refractivity contribution in [3.05, 3.63) is 92.5 Å². The fourth-order valence-electron chi connectivity index (χ4n) is 2.72. The van der Waals surface area contributed by atoms with E-state index in [-0.39, 0.29) is 11.5 Å². The average Bonchev–Trinajstić information content (AvgIpc) is 2.73. The van der Waals surface area contributed by atoms with Gasteiger partial charge in [0.2, 0.25) is 5.75 Å². The Bertz CT molecular complexity index is 1130. The van der Waals surface area contributed by atoms with Gasteiger partial charge in [0.25, 0.3) is 0 Å². The maximum Gasteiger partial charge on any atom is 0.416 e. The lowest BCUT2D eigenvalue weighted by atomic mass is 10.1. The zero-order chi connectivity index (χ0) is 22.6. The lowest BCUT2D eigenvalue weighted by Crippen LogP contribution is -2.06. The molecule has 0 N–H and O–H groups in total. The Morgan fingerprint density at radius 1 is 1.06 bits per heavy atom. The molecule has 0 radical (unpaired) electrons. The van der Waals surface area contributed by atoms with E-state index in [9.17, 15) is 23.3 Å². The molecule has 0 bridgehead atoms. The molecule has 0 aliphatic carbocycles. The SMILES string of the molecule is CCc1ccc(N=Cc2cc(Cl)ccc2Oc2ccc(C(F)(F)F)cc2[N+](=O)[O-])cc1. The normalized spacial score (nSPS) is 11.6. The Labute approximate surface area is 180 Å². The van der Waals surface area contributed by atoms with Crippen LogP contribution in [0.3, 0.4) is 0 Å². The smallest absolute Gasteiger partial charge is 0.416 e. The Balaban J connectivity index is 1.95. The maximum absolute atomic E-state index is 12.9. The number of nitro groups is 1. The van der Waals surface area contributed by atoms with Crippen molar-refractivity contribution in [1.29, 1.82) is 0 Å². The first kappa shape index (κ1) is 22.3. The number of alkyl halides is 3. The molecule has 0 saturated heterocycles. The predicted molar refractivity (Wildman–Crippen MR) is 113 cm³/mol. The van der Waals surface area contributed by atoms with Crippen LogP contribution in [0.4, 0.5) is 24.5 Å². The van der Waals surface area contributed by atoms with Crippen molar-refractivity contribution in [2.75, 3.05) is 0 Å². The second-order valence-electron chi connectivity index (χ2n) is 6.50. The predicted octanol–water partition coefficient (Wildman–Crippen LogP) is 7.37. The van der Waals surface area contributed by atoms with Gasteiger partial charge < -0.3 is 4.74 Å². The maximum atomic E-state index is 12.9. The highest BCUT2D eigenvalue weighted by Crippen LogP contribution is 2.38. The standard InChI is InChI=1S/C22H16ClF3N2O3/c1-2-14-3-7-18(8-4-14)27-13-15-11-17(23)6-10-20(15)31-21-9-5-16(22(24,25)26)12-19(21)28(29)30/h3-13H,2H2,1H3. The molecule has 0 atom stereocenters. The van der Waals surface area contributed by atoms with Crippen molar-refractivity contribution in [2.24, 2.45) is 4.99 Å². The highest BCUT2D eigenvalue weighted by Gasteiger charge is 2.33. The van der Waals surface area contributed by atoms with Crippen molar-refractivity contribution in [3.63, 3.8) is 0 Å². The molecular formula is C22H16ClF3N2O3. The lowest BCUT2D eigenvalue weighted by molar-refractivity contribution is -0.385. The number of aliphatic imine (C=N–C) groups is 1. The molecule has 5 nitrogen and oxygen atoms in total. The van der Waals surface area contributed by atoms with Gasteiger partial charge in [-0.15, -0.1) is 0 Å². The second-order valence-corrected chi connectivity index (χ2v) is 6.94. The highest BCUT2D eigenvalue weighted by atomic mass is 35.5. The van der Waals surface area contributed by atoms with E-state index in [4.69, 9.17) is 16.3 Å². The number of nitro benzene ring substituents is 1. The minimum Gasteiger partial charge on any atom is -0.449 e. The summed E-state index contributed by atoms with van der Waals surface area (Å²) in [6.45, 7) is 2.04. The molecule has 0 saturated carbocycles. The van der Waals surface area contributed by atoms with Crippen LogP contribution in [0.1, 0.15) is 23.6 Å². The first-order valence-corrected chi connectivity index (χ1v) is 9.51. The van der Waals surface area contributed by atoms with Crippen LogP contribution in [0, 0.1) is 10.1 Å². The molecule has 0 heterocycles. The Morgan fingerprint density at radius 3 is 2.35 bits per heavy atom. The van der Waals surface area contributed by atoms with Crippen LogP contribution in [-0.2, 0) is 12.6 Å². The van der Waals surface area contributed by atoms with Gasteiger partial charge in [-0.2, -0.15) is 13.2 Å². The average molecular weight is 449 g/mol.